The van der Waals surface area contributed by atoms with Crippen molar-refractivity contribution >= 4 is 10.8 Å². The van der Waals surface area contributed by atoms with E-state index in [1.807, 2.05) is 0 Å². The summed E-state index contributed by atoms with van der Waals surface area (Å²) in [5.41, 5.74) is 3.04. The molecule has 0 amide bonds. The van der Waals surface area contributed by atoms with E-state index in [0.29, 0.717) is 0 Å². The summed E-state index contributed by atoms with van der Waals surface area (Å²) in [7, 11) is 0. The van der Waals surface area contributed by atoms with Crippen molar-refractivity contribution in [1.82, 2.24) is 0 Å². The summed E-state index contributed by atoms with van der Waals surface area (Å²) in [6.07, 6.45) is 0. The van der Waals surface area contributed by atoms with Crippen molar-refractivity contribution in [1.29, 1.82) is 0 Å². The minimum absolute atomic E-state index is 0. The van der Waals surface area contributed by atoms with E-state index in [1.54, 1.807) is 0 Å². The predicted octanol–water partition coefficient (Wildman–Crippen LogP) is 2.24. The Bertz CT molecular complexity index is 516. The Hall–Kier alpha value is -0.703. The van der Waals surface area contributed by atoms with E-state index in [2.05, 4.69) is 77.9 Å². The van der Waals surface area contributed by atoms with E-state index in [0.717, 1.165) is 0 Å². The number of benzene rings is 2. The molecule has 0 N–H and O–H groups in total. The van der Waals surface area contributed by atoms with Crippen molar-refractivity contribution in [2.45, 2.75) is 52.4 Å². The Morgan fingerprint density at radius 3 is 1.95 bits per heavy atom. The summed E-state index contributed by atoms with van der Waals surface area (Å²) < 4.78 is 0. The molecule has 0 atom stereocenters. The number of rotatable bonds is 0. The molecule has 2 aromatic rings. The first-order valence-corrected chi connectivity index (χ1v) is 6.65. The number of hydrogen-bond acceptors (Lipinski definition) is 0. The van der Waals surface area contributed by atoms with Crippen molar-refractivity contribution in [3.63, 3.8) is 0 Å². The fraction of sp³-hybridized carbons (Fsp3) is 0.444. The average molecular weight is 246 g/mol. The van der Waals surface area contributed by atoms with Crippen LogP contribution in [-0.2, 0) is 10.8 Å². The van der Waals surface area contributed by atoms with E-state index < -0.39 is 0 Å². The Kier molecular flexibility index (Phi) is 4.61. The summed E-state index contributed by atoms with van der Waals surface area (Å²) in [5.74, 6) is 0. The van der Waals surface area contributed by atoms with Crippen LogP contribution >= 0.6 is 0 Å². The van der Waals surface area contributed by atoms with Crippen LogP contribution in [0.5, 0.6) is 0 Å². The molecule has 0 aliphatic rings. The summed E-state index contributed by atoms with van der Waals surface area (Å²) in [6, 6.07) is 14.5. The van der Waals surface area contributed by atoms with Crippen molar-refractivity contribution < 1.29 is 18.9 Å². The summed E-state index contributed by atoms with van der Waals surface area (Å²) in [5, 5.41) is 2.51. The largest absolute Gasteiger partial charge is 1.00 e. The van der Waals surface area contributed by atoms with Gasteiger partial charge in [-0.15, -0.1) is 46.2 Å². The van der Waals surface area contributed by atoms with Crippen molar-refractivity contribution in [2.75, 3.05) is 0 Å². The minimum atomic E-state index is 0. The normalized spacial score (nSPS) is 12.3. The van der Waals surface area contributed by atoms with Gasteiger partial charge in [-0.3, -0.25) is 0 Å². The smallest absolute Gasteiger partial charge is 0.143 e. The van der Waals surface area contributed by atoms with E-state index in [4.69, 9.17) is 0 Å². The molecule has 0 heterocycles. The first kappa shape index (κ1) is 16.4. The van der Waals surface area contributed by atoms with Crippen LogP contribution in [0.1, 0.15) is 52.7 Å². The molecule has 0 aliphatic heterocycles. The van der Waals surface area contributed by atoms with Crippen molar-refractivity contribution in [3.8, 4) is 0 Å². The molecular formula is C18H23Li. The maximum Gasteiger partial charge on any atom is 1.00 e. The monoisotopic (exact) mass is 246 g/mol. The van der Waals surface area contributed by atoms with Gasteiger partial charge in [-0.05, 0) is 10.8 Å². The number of hydrogen-bond donors (Lipinski definition) is 0. The van der Waals surface area contributed by atoms with E-state index in [9.17, 15) is 0 Å². The Balaban J connectivity index is 0.00000180. The van der Waals surface area contributed by atoms with Crippen molar-refractivity contribution in [3.05, 3.63) is 47.5 Å². The molecule has 19 heavy (non-hydrogen) atoms. The molecule has 2 aromatic carbocycles. The molecular weight excluding hydrogens is 223 g/mol. The van der Waals surface area contributed by atoms with Crippen molar-refractivity contribution in [2.24, 2.45) is 0 Å². The van der Waals surface area contributed by atoms with Gasteiger partial charge in [0.2, 0.25) is 0 Å². The molecule has 0 spiro atoms. The van der Waals surface area contributed by atoms with Gasteiger partial charge >= 0.3 is 18.9 Å². The Morgan fingerprint density at radius 2 is 1.42 bits per heavy atom. The maximum atomic E-state index is 3.64. The number of fused-ring (bicyclic) bond motifs is 1. The third-order valence-electron chi connectivity index (χ3n) is 3.35. The Morgan fingerprint density at radius 1 is 0.842 bits per heavy atom. The fourth-order valence-electron chi connectivity index (χ4n) is 2.35. The van der Waals surface area contributed by atoms with Crippen LogP contribution in [-0.4, -0.2) is 0 Å². The standard InChI is InChI=1S/C18H23.Li/c1-17(2,3)15-11-13-9-7-8-10-14(13)12-16(15)18(4,5)6;/h7-11H,1-6H3;/q-1;+1. The maximum absolute atomic E-state index is 3.64. The van der Waals surface area contributed by atoms with Gasteiger partial charge < -0.3 is 0 Å². The van der Waals surface area contributed by atoms with Crippen LogP contribution in [0, 0.1) is 6.07 Å². The van der Waals surface area contributed by atoms with Crippen LogP contribution in [0.4, 0.5) is 0 Å². The van der Waals surface area contributed by atoms with Gasteiger partial charge in [-0.2, -0.15) is 0 Å². The van der Waals surface area contributed by atoms with Crippen LogP contribution in [0.3, 0.4) is 0 Å². The van der Waals surface area contributed by atoms with Crippen LogP contribution < -0.4 is 18.9 Å². The SMILES string of the molecule is CC(C)(C)c1[c-]c2ccccc2cc1C(C)(C)C.[Li+]. The zero-order chi connectivity index (χ0) is 13.6. The first-order chi connectivity index (χ1) is 8.19. The quantitative estimate of drug-likeness (QED) is 0.494. The van der Waals surface area contributed by atoms with Gasteiger partial charge in [0, 0.05) is 0 Å². The minimum Gasteiger partial charge on any atom is -0.143 e. The molecule has 0 bridgehead atoms. The summed E-state index contributed by atoms with van der Waals surface area (Å²) in [6.45, 7) is 13.6. The van der Waals surface area contributed by atoms with Gasteiger partial charge in [-0.1, -0.05) is 53.7 Å². The van der Waals surface area contributed by atoms with Crippen LogP contribution in [0.2, 0.25) is 0 Å². The average Bonchev–Trinajstić information content (AvgIpc) is 2.25. The van der Waals surface area contributed by atoms with Crippen LogP contribution in [0.15, 0.2) is 30.3 Å². The predicted molar refractivity (Wildman–Crippen MR) is 80.2 cm³/mol. The first-order valence-electron chi connectivity index (χ1n) is 6.65. The van der Waals surface area contributed by atoms with Gasteiger partial charge in [0.05, 0.1) is 0 Å². The van der Waals surface area contributed by atoms with Crippen LogP contribution in [0.25, 0.3) is 10.8 Å². The van der Waals surface area contributed by atoms with E-state index in [1.165, 1.54) is 21.9 Å². The second-order valence-electron chi connectivity index (χ2n) is 7.15. The molecule has 1 heteroatoms. The van der Waals surface area contributed by atoms with E-state index >= 15 is 0 Å². The summed E-state index contributed by atoms with van der Waals surface area (Å²) in [4.78, 5) is 0. The van der Waals surface area contributed by atoms with E-state index in [-0.39, 0.29) is 29.7 Å². The Labute approximate surface area is 129 Å². The molecule has 0 unspecified atom stereocenters. The third kappa shape index (κ3) is 3.44. The molecule has 96 valence electrons. The fourth-order valence-corrected chi connectivity index (χ4v) is 2.35. The molecule has 0 fully saturated rings. The van der Waals surface area contributed by atoms with Gasteiger partial charge in [0.1, 0.15) is 0 Å². The zero-order valence-corrected chi connectivity index (χ0v) is 13.4. The molecule has 0 aliphatic carbocycles. The molecule has 0 aromatic heterocycles. The molecule has 2 rings (SSSR count). The zero-order valence-electron chi connectivity index (χ0n) is 13.4. The molecule has 0 radical (unpaired) electrons. The second-order valence-corrected chi connectivity index (χ2v) is 7.15. The third-order valence-corrected chi connectivity index (χ3v) is 3.35. The van der Waals surface area contributed by atoms with Gasteiger partial charge in [-0.25, -0.2) is 0 Å². The molecule has 0 nitrogen and oxygen atoms in total. The topological polar surface area (TPSA) is 0 Å². The molecule has 0 saturated heterocycles. The van der Waals surface area contributed by atoms with Gasteiger partial charge in [0.25, 0.3) is 0 Å². The second kappa shape index (κ2) is 5.35. The summed E-state index contributed by atoms with van der Waals surface area (Å²) >= 11 is 0. The van der Waals surface area contributed by atoms with Gasteiger partial charge in [0.15, 0.2) is 0 Å². The molecule has 0 saturated carbocycles.